The number of aromatic nitrogens is 4. The van der Waals surface area contributed by atoms with Crippen molar-refractivity contribution in [2.45, 2.75) is 46.6 Å². The number of rotatable bonds is 6. The Hall–Kier alpha value is -4.73. The lowest BCUT2D eigenvalue weighted by Gasteiger charge is -2.40. The summed E-state index contributed by atoms with van der Waals surface area (Å²) in [4.78, 5) is 43.5. The van der Waals surface area contributed by atoms with E-state index in [0.29, 0.717) is 36.6 Å². The van der Waals surface area contributed by atoms with E-state index < -0.39 is 23.9 Å². The highest BCUT2D eigenvalue weighted by Gasteiger charge is 2.31. The molecule has 0 saturated carbocycles. The molecule has 1 aliphatic rings. The molecular weight excluding hydrogens is 550 g/mol. The molecule has 43 heavy (non-hydrogen) atoms. The van der Waals surface area contributed by atoms with E-state index in [0.717, 1.165) is 6.07 Å². The summed E-state index contributed by atoms with van der Waals surface area (Å²) in [6.45, 7) is 13.0. The molecule has 0 radical (unpaired) electrons. The van der Waals surface area contributed by atoms with Crippen molar-refractivity contribution < 1.29 is 16.3 Å². The molecule has 222 valence electrons. The summed E-state index contributed by atoms with van der Waals surface area (Å²) in [7, 11) is 0. The van der Waals surface area contributed by atoms with Crippen LogP contribution in [-0.2, 0) is 4.79 Å². The van der Waals surface area contributed by atoms with Crippen LogP contribution in [0.3, 0.4) is 0 Å². The first kappa shape index (κ1) is 27.1. The van der Waals surface area contributed by atoms with Gasteiger partial charge < -0.3 is 9.80 Å². The van der Waals surface area contributed by atoms with Crippen LogP contribution in [0.5, 0.6) is 0 Å². The summed E-state index contributed by atoms with van der Waals surface area (Å²) in [6, 6.07) is 6.74. The van der Waals surface area contributed by atoms with E-state index in [1.807, 2.05) is 32.6 Å². The molecule has 0 spiro atoms. The molecule has 0 aliphatic carbocycles. The van der Waals surface area contributed by atoms with Crippen molar-refractivity contribution in [1.82, 2.24) is 24.4 Å². The van der Waals surface area contributed by atoms with Gasteiger partial charge in [-0.3, -0.25) is 9.78 Å². The lowest BCUT2D eigenvalue weighted by atomic mass is 9.98. The average Bonchev–Trinajstić information content (AvgIpc) is 3.00. The van der Waals surface area contributed by atoms with Crippen LogP contribution in [-0.4, -0.2) is 56.0 Å². The number of anilines is 1. The fourth-order valence-electron chi connectivity index (χ4n) is 5.67. The number of fused-ring (bicyclic) bond motifs is 1. The van der Waals surface area contributed by atoms with Gasteiger partial charge in [-0.05, 0) is 62.1 Å². The van der Waals surface area contributed by atoms with Gasteiger partial charge in [0, 0.05) is 37.4 Å². The number of amides is 1. The Morgan fingerprint density at radius 2 is 1.95 bits per heavy atom. The third-order valence-corrected chi connectivity index (χ3v) is 7.77. The molecule has 1 fully saturated rings. The molecule has 1 atom stereocenters. The predicted octanol–water partition coefficient (Wildman–Crippen LogP) is 5.81. The summed E-state index contributed by atoms with van der Waals surface area (Å²) in [5.41, 5.74) is 0.803. The largest absolute Gasteiger partial charge is 0.355 e. The van der Waals surface area contributed by atoms with E-state index in [2.05, 4.69) is 21.5 Å². The van der Waals surface area contributed by atoms with Gasteiger partial charge in [-0.15, -0.1) is 0 Å². The van der Waals surface area contributed by atoms with Crippen LogP contribution in [0.1, 0.15) is 53.2 Å². The third-order valence-electron chi connectivity index (χ3n) is 7.77. The Balaban J connectivity index is 1.87. The topological polar surface area (TPSA) is 84.2 Å². The van der Waals surface area contributed by atoms with Crippen molar-refractivity contribution in [2.75, 3.05) is 24.5 Å². The van der Waals surface area contributed by atoms with Gasteiger partial charge in [-0.1, -0.05) is 44.7 Å². The molecule has 8 nitrogen and oxygen atoms in total. The fraction of sp³-hybridized carbons (Fsp3) is 0.303. The minimum absolute atomic E-state index is 0.0454. The Labute approximate surface area is 251 Å². The Morgan fingerprint density at radius 1 is 1.19 bits per heavy atom. The molecule has 5 rings (SSSR count). The van der Waals surface area contributed by atoms with Gasteiger partial charge in [-0.2, -0.15) is 4.98 Å². The molecule has 1 aromatic carbocycles. The molecular formula is C33H34F2N6O2. The van der Waals surface area contributed by atoms with E-state index in [9.17, 15) is 9.59 Å². The summed E-state index contributed by atoms with van der Waals surface area (Å²) in [5, 5.41) is 0.219. The fourth-order valence-corrected chi connectivity index (χ4v) is 5.67. The van der Waals surface area contributed by atoms with Crippen LogP contribution in [0.25, 0.3) is 33.6 Å². The van der Waals surface area contributed by atoms with Crippen LogP contribution >= 0.6 is 0 Å². The van der Waals surface area contributed by atoms with Crippen LogP contribution in [0, 0.1) is 18.6 Å². The molecule has 1 saturated heterocycles. The second-order valence-corrected chi connectivity index (χ2v) is 11.1. The third kappa shape index (κ3) is 5.22. The zero-order valence-electron chi connectivity index (χ0n) is 26.8. The van der Waals surface area contributed by atoms with E-state index in [-0.39, 0.29) is 57.1 Å². The van der Waals surface area contributed by atoms with Crippen molar-refractivity contribution in [3.8, 4) is 16.9 Å². The summed E-state index contributed by atoms with van der Waals surface area (Å²) >= 11 is 0. The Kier molecular flexibility index (Phi) is 7.26. The number of pyridine rings is 2. The number of piperazine rings is 1. The average molecular weight is 587 g/mol. The number of halogens is 2. The SMILES string of the molecule is [2H]C([2H])=C(C)c1cccc(F)c1-c1nc2c(cc1F)c(N1CCN(C(=O)C=C)C[C@@H]1C)nc(=O)n2-c1c(C)ccnc1C(C)C. The standard InChI is InChI=1S/C33H34F2N6O2/c1-8-26(42)39-14-15-40(21(7)17-39)31-23-16-25(35)29(27-22(18(2)3)10-9-11-24(27)34)37-32(23)41(33(43)38-31)30-20(6)12-13-36-28(30)19(4)5/h8-13,16,19,21H,1-2,14-15,17H2,3-7H3/t21-/m0/s1/i2D2. The number of allylic oxidation sites excluding steroid dienone is 1. The first-order valence-corrected chi connectivity index (χ1v) is 14.1. The molecule has 0 N–H and O–H groups in total. The summed E-state index contributed by atoms with van der Waals surface area (Å²) in [5.74, 6) is -1.78. The smallest absolute Gasteiger partial charge is 0.350 e. The highest BCUT2D eigenvalue weighted by atomic mass is 19.1. The maximum Gasteiger partial charge on any atom is 0.355 e. The molecule has 1 amide bonds. The molecule has 10 heteroatoms. The van der Waals surface area contributed by atoms with E-state index in [1.165, 1.54) is 35.8 Å². The maximum atomic E-state index is 16.3. The van der Waals surface area contributed by atoms with Gasteiger partial charge in [0.1, 0.15) is 17.3 Å². The minimum atomic E-state index is -0.869. The van der Waals surface area contributed by atoms with Gasteiger partial charge in [-0.25, -0.2) is 23.1 Å². The maximum absolute atomic E-state index is 16.3. The van der Waals surface area contributed by atoms with Crippen molar-refractivity contribution >= 4 is 28.3 Å². The van der Waals surface area contributed by atoms with Gasteiger partial charge in [0.25, 0.3) is 0 Å². The van der Waals surface area contributed by atoms with E-state index >= 15 is 8.78 Å². The zero-order chi connectivity index (χ0) is 32.7. The lowest BCUT2D eigenvalue weighted by molar-refractivity contribution is -0.126. The predicted molar refractivity (Wildman–Crippen MR) is 165 cm³/mol. The second kappa shape index (κ2) is 11.5. The van der Waals surface area contributed by atoms with Crippen LogP contribution in [0.2, 0.25) is 0 Å². The first-order chi connectivity index (χ1) is 21.3. The number of hydrogen-bond acceptors (Lipinski definition) is 6. The summed E-state index contributed by atoms with van der Waals surface area (Å²) < 4.78 is 48.7. The van der Waals surface area contributed by atoms with Gasteiger partial charge >= 0.3 is 5.69 Å². The highest BCUT2D eigenvalue weighted by molar-refractivity contribution is 5.92. The van der Waals surface area contributed by atoms with Crippen LogP contribution < -0.4 is 10.6 Å². The normalized spacial score (nSPS) is 15.9. The molecule has 1 aliphatic heterocycles. The van der Waals surface area contributed by atoms with E-state index in [4.69, 9.17) is 2.74 Å². The monoisotopic (exact) mass is 586 g/mol. The van der Waals surface area contributed by atoms with E-state index in [1.54, 1.807) is 17.2 Å². The number of nitrogens with zero attached hydrogens (tertiary/aromatic N) is 6. The number of hydrogen-bond donors (Lipinski definition) is 0. The van der Waals surface area contributed by atoms with Crippen LogP contribution in [0.15, 0.2) is 60.5 Å². The van der Waals surface area contributed by atoms with Crippen molar-refractivity contribution in [2.24, 2.45) is 0 Å². The minimum Gasteiger partial charge on any atom is -0.350 e. The van der Waals surface area contributed by atoms with Gasteiger partial charge in [0.2, 0.25) is 5.91 Å². The van der Waals surface area contributed by atoms with Gasteiger partial charge in [0.15, 0.2) is 11.5 Å². The molecule has 4 aromatic rings. The van der Waals surface area contributed by atoms with Crippen molar-refractivity contribution in [3.63, 3.8) is 0 Å². The quantitative estimate of drug-likeness (QED) is 0.265. The Morgan fingerprint density at radius 3 is 2.63 bits per heavy atom. The molecule has 4 heterocycles. The number of carbonyl (C=O) groups excluding carboxylic acids is 1. The van der Waals surface area contributed by atoms with Gasteiger partial charge in [0.05, 0.1) is 19.5 Å². The second-order valence-electron chi connectivity index (χ2n) is 11.1. The summed E-state index contributed by atoms with van der Waals surface area (Å²) in [6.07, 6.45) is 2.90. The number of carbonyl (C=O) groups is 1. The molecule has 3 aromatic heterocycles. The number of aryl methyl sites for hydroxylation is 1. The lowest BCUT2D eigenvalue weighted by Crippen LogP contribution is -2.54. The van der Waals surface area contributed by atoms with Crippen molar-refractivity contribution in [3.05, 3.63) is 94.7 Å². The van der Waals surface area contributed by atoms with Crippen molar-refractivity contribution in [1.29, 1.82) is 0 Å². The molecule has 0 bridgehead atoms. The molecule has 0 unspecified atom stereocenters. The number of benzene rings is 1. The van der Waals surface area contributed by atoms with Crippen LogP contribution in [0.4, 0.5) is 14.6 Å². The highest BCUT2D eigenvalue weighted by Crippen LogP contribution is 2.36. The zero-order valence-corrected chi connectivity index (χ0v) is 24.8. The first-order valence-electron chi connectivity index (χ1n) is 15.1. The Bertz CT molecular complexity index is 1940.